The summed E-state index contributed by atoms with van der Waals surface area (Å²) in [5, 5.41) is 0. The summed E-state index contributed by atoms with van der Waals surface area (Å²) in [4.78, 5) is 14.2. The number of amides is 1. The Labute approximate surface area is 128 Å². The maximum absolute atomic E-state index is 12.3. The zero-order valence-corrected chi connectivity index (χ0v) is 13.0. The van der Waals surface area contributed by atoms with Gasteiger partial charge in [0.25, 0.3) is 5.91 Å². The number of benzene rings is 1. The summed E-state index contributed by atoms with van der Waals surface area (Å²) in [6, 6.07) is 8.18. The first-order chi connectivity index (χ1) is 9.84. The van der Waals surface area contributed by atoms with Crippen molar-refractivity contribution in [3.8, 4) is 0 Å². The van der Waals surface area contributed by atoms with Crippen LogP contribution in [0, 0.1) is 0 Å². The highest BCUT2D eigenvalue weighted by molar-refractivity contribution is 8.16. The molecule has 0 aromatic heterocycles. The molecule has 0 saturated carbocycles. The van der Waals surface area contributed by atoms with E-state index in [-0.39, 0.29) is 5.91 Å². The Morgan fingerprint density at radius 1 is 1.10 bits per heavy atom. The van der Waals surface area contributed by atoms with Crippen molar-refractivity contribution in [3.05, 3.63) is 35.4 Å². The number of hydrogen-bond donors (Lipinski definition) is 0. The van der Waals surface area contributed by atoms with Crippen molar-refractivity contribution in [1.82, 2.24) is 4.90 Å². The molecule has 0 spiro atoms. The lowest BCUT2D eigenvalue weighted by molar-refractivity contribution is 0.0303. The van der Waals surface area contributed by atoms with Crippen molar-refractivity contribution < 1.29 is 9.53 Å². The summed E-state index contributed by atoms with van der Waals surface area (Å²) < 4.78 is 5.82. The average Bonchev–Trinajstić information content (AvgIpc) is 2.56. The van der Waals surface area contributed by atoms with Crippen molar-refractivity contribution in [2.75, 3.05) is 37.8 Å². The van der Waals surface area contributed by atoms with E-state index in [0.29, 0.717) is 30.9 Å². The maximum atomic E-state index is 12.3. The summed E-state index contributed by atoms with van der Waals surface area (Å²) in [7, 11) is 0. The van der Waals surface area contributed by atoms with Gasteiger partial charge in [0.1, 0.15) is 0 Å². The first kappa shape index (κ1) is 14.3. The number of carbonyl (C=O) groups is 1. The van der Waals surface area contributed by atoms with Crippen LogP contribution in [0.25, 0.3) is 0 Å². The Hall–Kier alpha value is -0.650. The van der Waals surface area contributed by atoms with Crippen molar-refractivity contribution in [1.29, 1.82) is 0 Å². The highest BCUT2D eigenvalue weighted by Gasteiger charge is 2.20. The predicted octanol–water partition coefficient (Wildman–Crippen LogP) is 3.03. The van der Waals surface area contributed by atoms with Gasteiger partial charge in [-0.1, -0.05) is 12.1 Å². The fourth-order valence-corrected chi connectivity index (χ4v) is 5.31. The fourth-order valence-electron chi connectivity index (χ4n) is 2.41. The molecule has 108 valence electrons. The fraction of sp³-hybridized carbons (Fsp3) is 0.533. The molecule has 0 atom stereocenters. The van der Waals surface area contributed by atoms with Gasteiger partial charge in [-0.25, -0.2) is 0 Å². The topological polar surface area (TPSA) is 29.5 Å². The molecule has 5 heteroatoms. The van der Waals surface area contributed by atoms with Crippen LogP contribution in [0.3, 0.4) is 0 Å². The first-order valence-electron chi connectivity index (χ1n) is 7.05. The molecule has 0 unspecified atom stereocenters. The van der Waals surface area contributed by atoms with Gasteiger partial charge in [-0.2, -0.15) is 0 Å². The Morgan fingerprint density at radius 2 is 1.75 bits per heavy atom. The summed E-state index contributed by atoms with van der Waals surface area (Å²) in [6.07, 6.45) is 1.30. The summed E-state index contributed by atoms with van der Waals surface area (Å²) in [5.74, 6) is 2.61. The van der Waals surface area contributed by atoms with Gasteiger partial charge in [-0.3, -0.25) is 4.79 Å². The number of carbonyl (C=O) groups excluding carboxylic acids is 1. The lowest BCUT2D eigenvalue weighted by Gasteiger charge is -2.27. The quantitative estimate of drug-likeness (QED) is 0.840. The summed E-state index contributed by atoms with van der Waals surface area (Å²) >= 11 is 4.02. The normalized spacial score (nSPS) is 20.9. The van der Waals surface area contributed by atoms with E-state index < -0.39 is 0 Å². The van der Waals surface area contributed by atoms with Gasteiger partial charge < -0.3 is 9.64 Å². The minimum Gasteiger partial charge on any atom is -0.378 e. The molecule has 3 rings (SSSR count). The largest absolute Gasteiger partial charge is 0.378 e. The van der Waals surface area contributed by atoms with Gasteiger partial charge in [0.2, 0.25) is 0 Å². The van der Waals surface area contributed by atoms with Crippen LogP contribution in [0.2, 0.25) is 0 Å². The maximum Gasteiger partial charge on any atom is 0.254 e. The van der Waals surface area contributed by atoms with Crippen LogP contribution in [0.4, 0.5) is 0 Å². The second kappa shape index (κ2) is 6.87. The van der Waals surface area contributed by atoms with Crippen molar-refractivity contribution >= 4 is 29.4 Å². The minimum atomic E-state index is 0.129. The van der Waals surface area contributed by atoms with Gasteiger partial charge in [0.05, 0.1) is 17.8 Å². The lowest BCUT2D eigenvalue weighted by Crippen LogP contribution is -2.40. The van der Waals surface area contributed by atoms with E-state index in [1.165, 1.54) is 23.5 Å². The van der Waals surface area contributed by atoms with E-state index in [1.807, 2.05) is 40.6 Å². The molecule has 2 heterocycles. The molecule has 2 fully saturated rings. The van der Waals surface area contributed by atoms with Crippen LogP contribution in [0.5, 0.6) is 0 Å². The van der Waals surface area contributed by atoms with Crippen molar-refractivity contribution in [3.63, 3.8) is 0 Å². The molecule has 1 aromatic rings. The van der Waals surface area contributed by atoms with Gasteiger partial charge in [-0.15, -0.1) is 23.5 Å². The van der Waals surface area contributed by atoms with Crippen molar-refractivity contribution in [2.24, 2.45) is 0 Å². The molecule has 0 radical (unpaired) electrons. The molecular weight excluding hydrogens is 290 g/mol. The van der Waals surface area contributed by atoms with Gasteiger partial charge in [-0.05, 0) is 35.6 Å². The Bertz CT molecular complexity index is 451. The van der Waals surface area contributed by atoms with Crippen LogP contribution in [0.1, 0.15) is 26.9 Å². The number of rotatable bonds is 2. The number of ether oxygens (including phenoxy) is 1. The molecule has 3 nitrogen and oxygen atoms in total. The monoisotopic (exact) mass is 309 g/mol. The SMILES string of the molecule is O=C(c1ccc(C2SCCCS2)cc1)N1CCOCC1. The number of hydrogen-bond acceptors (Lipinski definition) is 4. The van der Waals surface area contributed by atoms with E-state index in [4.69, 9.17) is 4.74 Å². The van der Waals surface area contributed by atoms with Crippen molar-refractivity contribution in [2.45, 2.75) is 11.0 Å². The predicted molar refractivity (Wildman–Crippen MR) is 85.4 cm³/mol. The van der Waals surface area contributed by atoms with Crippen LogP contribution < -0.4 is 0 Å². The zero-order valence-electron chi connectivity index (χ0n) is 11.4. The Morgan fingerprint density at radius 3 is 2.40 bits per heavy atom. The van der Waals surface area contributed by atoms with E-state index >= 15 is 0 Å². The van der Waals surface area contributed by atoms with E-state index in [0.717, 1.165) is 5.56 Å². The molecule has 2 aliphatic rings. The van der Waals surface area contributed by atoms with E-state index in [1.54, 1.807) is 0 Å². The molecule has 0 bridgehead atoms. The smallest absolute Gasteiger partial charge is 0.254 e. The molecule has 2 saturated heterocycles. The van der Waals surface area contributed by atoms with Crippen LogP contribution >= 0.6 is 23.5 Å². The molecule has 20 heavy (non-hydrogen) atoms. The molecular formula is C15H19NO2S2. The second-order valence-electron chi connectivity index (χ2n) is 4.95. The average molecular weight is 309 g/mol. The third kappa shape index (κ3) is 3.32. The Balaban J connectivity index is 1.67. The van der Waals surface area contributed by atoms with E-state index in [2.05, 4.69) is 12.1 Å². The number of morpholine rings is 1. The van der Waals surface area contributed by atoms with E-state index in [9.17, 15) is 4.79 Å². The number of nitrogens with zero attached hydrogens (tertiary/aromatic N) is 1. The second-order valence-corrected chi connectivity index (χ2v) is 7.68. The van der Waals surface area contributed by atoms with Gasteiger partial charge in [0.15, 0.2) is 0 Å². The molecule has 0 aliphatic carbocycles. The zero-order chi connectivity index (χ0) is 13.8. The van der Waals surface area contributed by atoms with Crippen LogP contribution in [-0.2, 0) is 4.74 Å². The van der Waals surface area contributed by atoms with Gasteiger partial charge in [0, 0.05) is 18.7 Å². The standard InChI is InChI=1S/C15H19NO2S2/c17-14(16-6-8-18-9-7-16)12-2-4-13(5-3-12)15-19-10-1-11-20-15/h2-5,15H,1,6-11H2. The molecule has 0 N–H and O–H groups in total. The van der Waals surface area contributed by atoms with Crippen LogP contribution in [-0.4, -0.2) is 48.6 Å². The first-order valence-corrected chi connectivity index (χ1v) is 9.14. The minimum absolute atomic E-state index is 0.129. The number of thioether (sulfide) groups is 2. The molecule has 2 aliphatic heterocycles. The lowest BCUT2D eigenvalue weighted by atomic mass is 10.1. The highest BCUT2D eigenvalue weighted by Crippen LogP contribution is 2.43. The van der Waals surface area contributed by atoms with Crippen LogP contribution in [0.15, 0.2) is 24.3 Å². The summed E-state index contributed by atoms with van der Waals surface area (Å²) in [5.41, 5.74) is 2.12. The summed E-state index contributed by atoms with van der Waals surface area (Å²) in [6.45, 7) is 2.71. The van der Waals surface area contributed by atoms with Gasteiger partial charge >= 0.3 is 0 Å². The molecule has 1 aromatic carbocycles. The highest BCUT2D eigenvalue weighted by atomic mass is 32.2. The Kier molecular flexibility index (Phi) is 4.91. The molecule has 1 amide bonds. The third-order valence-corrected chi connectivity index (χ3v) is 6.57. The third-order valence-electron chi connectivity index (χ3n) is 3.56.